The summed E-state index contributed by atoms with van der Waals surface area (Å²) in [5.41, 5.74) is 1.98. The molecule has 5 heteroatoms. The summed E-state index contributed by atoms with van der Waals surface area (Å²) >= 11 is 0. The van der Waals surface area contributed by atoms with Crippen LogP contribution in [0.4, 0.5) is 5.69 Å². The Kier molecular flexibility index (Phi) is 4.88. The fourth-order valence-electron chi connectivity index (χ4n) is 5.56. The molecule has 0 heterocycles. The zero-order valence-corrected chi connectivity index (χ0v) is 18.6. The zero-order chi connectivity index (χ0) is 22.6. The Hall–Kier alpha value is -3.08. The Labute approximate surface area is 188 Å². The third-order valence-corrected chi connectivity index (χ3v) is 7.32. The molecule has 4 aliphatic rings. The van der Waals surface area contributed by atoms with Gasteiger partial charge in [0.15, 0.2) is 0 Å². The highest BCUT2D eigenvalue weighted by atomic mass is 16.5. The van der Waals surface area contributed by atoms with E-state index in [0.29, 0.717) is 23.3 Å². The first-order valence-electron chi connectivity index (χ1n) is 11.3. The number of carbonyl (C=O) groups excluding carboxylic acids is 1. The number of hydrogen-bond donors (Lipinski definition) is 2. The number of allylic oxidation sites excluding steroid dienone is 2. The van der Waals surface area contributed by atoms with Crippen molar-refractivity contribution in [1.29, 1.82) is 0 Å². The summed E-state index contributed by atoms with van der Waals surface area (Å²) in [6, 6.07) is 15.3. The Morgan fingerprint density at radius 3 is 1.94 bits per heavy atom. The number of carbonyl (C=O) groups is 2. The number of hydrogen-bond acceptors (Lipinski definition) is 3. The zero-order valence-electron chi connectivity index (χ0n) is 18.6. The molecule has 166 valence electrons. The van der Waals surface area contributed by atoms with Crippen LogP contribution in [0.5, 0.6) is 11.5 Å². The van der Waals surface area contributed by atoms with Crippen LogP contribution in [0.3, 0.4) is 0 Å². The van der Waals surface area contributed by atoms with Gasteiger partial charge in [-0.15, -0.1) is 0 Å². The molecule has 2 N–H and O–H groups in total. The van der Waals surface area contributed by atoms with Crippen molar-refractivity contribution >= 4 is 17.6 Å². The topological polar surface area (TPSA) is 75.6 Å². The first kappa shape index (κ1) is 20.8. The fraction of sp³-hybridized carbons (Fsp3) is 0.407. The van der Waals surface area contributed by atoms with Gasteiger partial charge < -0.3 is 15.2 Å². The average molecular weight is 432 g/mol. The van der Waals surface area contributed by atoms with E-state index in [2.05, 4.69) is 44.3 Å². The van der Waals surface area contributed by atoms with Gasteiger partial charge in [0.2, 0.25) is 5.91 Å². The molecule has 2 bridgehead atoms. The van der Waals surface area contributed by atoms with Crippen LogP contribution in [0.1, 0.15) is 32.8 Å². The number of carboxylic acid groups (broad SMARTS) is 1. The molecule has 2 aromatic rings. The van der Waals surface area contributed by atoms with Crippen molar-refractivity contribution in [3.8, 4) is 11.5 Å². The van der Waals surface area contributed by atoms with E-state index in [-0.39, 0.29) is 23.2 Å². The second-order valence-corrected chi connectivity index (χ2v) is 10.4. The fourth-order valence-corrected chi connectivity index (χ4v) is 5.56. The van der Waals surface area contributed by atoms with Gasteiger partial charge in [-0.05, 0) is 77.5 Å². The average Bonchev–Trinajstić information content (AvgIpc) is 3.57. The molecule has 1 amide bonds. The van der Waals surface area contributed by atoms with E-state index in [9.17, 15) is 14.7 Å². The van der Waals surface area contributed by atoms with Crippen molar-refractivity contribution in [1.82, 2.24) is 0 Å². The summed E-state index contributed by atoms with van der Waals surface area (Å²) in [6.07, 6.45) is 5.14. The molecule has 0 aromatic heterocycles. The van der Waals surface area contributed by atoms with E-state index in [1.165, 1.54) is 5.56 Å². The molecular formula is C27H29NO4. The number of ether oxygens (including phenoxy) is 1. The van der Waals surface area contributed by atoms with Gasteiger partial charge in [0.05, 0.1) is 11.8 Å². The van der Waals surface area contributed by atoms with Crippen LogP contribution >= 0.6 is 0 Å². The molecule has 4 aliphatic carbocycles. The van der Waals surface area contributed by atoms with Crippen LogP contribution in [0.25, 0.3) is 0 Å². The monoisotopic (exact) mass is 431 g/mol. The first-order chi connectivity index (χ1) is 15.2. The third kappa shape index (κ3) is 3.70. The number of aliphatic carboxylic acids is 1. The lowest BCUT2D eigenvalue weighted by atomic mass is 9.62. The van der Waals surface area contributed by atoms with E-state index in [1.807, 2.05) is 30.3 Å². The van der Waals surface area contributed by atoms with Crippen molar-refractivity contribution in [2.24, 2.45) is 35.5 Å². The summed E-state index contributed by atoms with van der Waals surface area (Å²) in [5.74, 6) is 0.156. The van der Waals surface area contributed by atoms with Crippen molar-refractivity contribution in [3.05, 3.63) is 66.2 Å². The van der Waals surface area contributed by atoms with Crippen molar-refractivity contribution < 1.29 is 19.4 Å². The van der Waals surface area contributed by atoms with Crippen LogP contribution in [0.2, 0.25) is 0 Å². The Bertz CT molecular complexity index is 1060. The van der Waals surface area contributed by atoms with E-state index >= 15 is 0 Å². The Morgan fingerprint density at radius 2 is 1.41 bits per heavy atom. The van der Waals surface area contributed by atoms with E-state index in [1.54, 1.807) is 12.1 Å². The highest BCUT2D eigenvalue weighted by Crippen LogP contribution is 2.63. The lowest BCUT2D eigenvalue weighted by Crippen LogP contribution is -2.48. The van der Waals surface area contributed by atoms with Crippen LogP contribution in [0, 0.1) is 35.5 Å². The Morgan fingerprint density at radius 1 is 0.875 bits per heavy atom. The number of nitrogens with one attached hydrogen (secondary N) is 1. The minimum atomic E-state index is -0.865. The molecular weight excluding hydrogens is 402 g/mol. The predicted molar refractivity (Wildman–Crippen MR) is 123 cm³/mol. The second kappa shape index (κ2) is 7.51. The number of amides is 1. The molecule has 2 saturated carbocycles. The van der Waals surface area contributed by atoms with Gasteiger partial charge in [0.1, 0.15) is 11.5 Å². The maximum atomic E-state index is 13.1. The third-order valence-electron chi connectivity index (χ3n) is 7.32. The van der Waals surface area contributed by atoms with Gasteiger partial charge in [-0.25, -0.2) is 0 Å². The molecule has 0 aliphatic heterocycles. The normalized spacial score (nSPS) is 29.8. The summed E-state index contributed by atoms with van der Waals surface area (Å²) in [7, 11) is 0. The van der Waals surface area contributed by atoms with Gasteiger partial charge in [0.25, 0.3) is 0 Å². The van der Waals surface area contributed by atoms with Crippen molar-refractivity contribution in [3.63, 3.8) is 0 Å². The summed E-state index contributed by atoms with van der Waals surface area (Å²) in [4.78, 5) is 25.0. The highest BCUT2D eigenvalue weighted by molar-refractivity contribution is 5.96. The summed E-state index contributed by atoms with van der Waals surface area (Å²) in [6.45, 7) is 6.52. The van der Waals surface area contributed by atoms with Gasteiger partial charge in [-0.2, -0.15) is 0 Å². The van der Waals surface area contributed by atoms with Crippen LogP contribution in [0.15, 0.2) is 60.7 Å². The number of fused-ring (bicyclic) bond motifs is 1. The number of benzene rings is 2. The molecule has 5 nitrogen and oxygen atoms in total. The highest BCUT2D eigenvalue weighted by Gasteiger charge is 2.62. The quantitative estimate of drug-likeness (QED) is 0.615. The number of carboxylic acids is 1. The molecule has 0 unspecified atom stereocenters. The molecule has 0 radical (unpaired) electrons. The molecule has 0 saturated heterocycles. The molecule has 2 fully saturated rings. The molecule has 6 rings (SSSR count). The lowest BCUT2D eigenvalue weighted by molar-refractivity contribution is -0.152. The van der Waals surface area contributed by atoms with Gasteiger partial charge in [-0.3, -0.25) is 9.59 Å². The van der Waals surface area contributed by atoms with Crippen LogP contribution in [-0.4, -0.2) is 17.0 Å². The SMILES string of the molecule is CC(C)(C)c1ccc(Oc2ccc(NC(=O)[C@@H]3[C@H]4C=C[C@@H]([C@@H]5C[C@@H]45)[C@@H]3C(=O)O)cc2)cc1. The lowest BCUT2D eigenvalue weighted by Gasteiger charge is -2.41. The standard InChI is InChI=1S/C27H29NO4/c1-27(2,3)15-4-8-17(9-5-15)32-18-10-6-16(7-11-18)28-25(29)23-19-12-13-20(22-14-21(19)22)24(23)26(30)31/h4-13,19-24H,14H2,1-3H3,(H,28,29)(H,30,31)/t19-,20-,21-,22-,23+,24-/m0/s1. The molecule has 0 spiro atoms. The van der Waals surface area contributed by atoms with Gasteiger partial charge in [0, 0.05) is 5.69 Å². The second-order valence-electron chi connectivity index (χ2n) is 10.4. The van der Waals surface area contributed by atoms with Crippen molar-refractivity contribution in [2.75, 3.05) is 5.32 Å². The van der Waals surface area contributed by atoms with Crippen LogP contribution in [-0.2, 0) is 15.0 Å². The van der Waals surface area contributed by atoms with E-state index in [0.717, 1.165) is 12.2 Å². The predicted octanol–water partition coefficient (Wildman–Crippen LogP) is 5.48. The molecule has 2 aromatic carbocycles. The minimum Gasteiger partial charge on any atom is -0.481 e. The van der Waals surface area contributed by atoms with Crippen molar-refractivity contribution in [2.45, 2.75) is 32.6 Å². The maximum Gasteiger partial charge on any atom is 0.307 e. The molecule has 6 atom stereocenters. The summed E-state index contributed by atoms with van der Waals surface area (Å²) < 4.78 is 5.93. The molecule has 32 heavy (non-hydrogen) atoms. The van der Waals surface area contributed by atoms with Gasteiger partial charge in [-0.1, -0.05) is 45.1 Å². The van der Waals surface area contributed by atoms with E-state index < -0.39 is 17.8 Å². The van der Waals surface area contributed by atoms with Crippen LogP contribution < -0.4 is 10.1 Å². The summed E-state index contributed by atoms with van der Waals surface area (Å²) in [5, 5.41) is 12.7. The van der Waals surface area contributed by atoms with E-state index in [4.69, 9.17) is 4.74 Å². The smallest absolute Gasteiger partial charge is 0.307 e. The van der Waals surface area contributed by atoms with Gasteiger partial charge >= 0.3 is 5.97 Å². The number of anilines is 1. The first-order valence-corrected chi connectivity index (χ1v) is 11.3. The maximum absolute atomic E-state index is 13.1. The minimum absolute atomic E-state index is 0.0151. The Balaban J connectivity index is 1.25. The number of rotatable bonds is 5. The largest absolute Gasteiger partial charge is 0.481 e.